The second-order valence-corrected chi connectivity index (χ2v) is 45.0. The van der Waals surface area contributed by atoms with Crippen molar-refractivity contribution < 1.29 is 169 Å². The highest BCUT2D eigenvalue weighted by molar-refractivity contribution is 6.76. The van der Waals surface area contributed by atoms with Crippen LogP contribution in [0.5, 0.6) is 0 Å². The molecule has 38 atom stereocenters. The van der Waals surface area contributed by atoms with E-state index in [2.05, 4.69) is 35.6 Å². The van der Waals surface area contributed by atoms with Crippen LogP contribution in [0.1, 0.15) is 172 Å². The van der Waals surface area contributed by atoms with Crippen LogP contribution in [0.3, 0.4) is 0 Å². The zero-order valence-electron chi connectivity index (χ0n) is 83.4. The van der Waals surface area contributed by atoms with E-state index in [9.17, 15) is 126 Å². The highest BCUT2D eigenvalue weighted by Gasteiger charge is 2.52. The van der Waals surface area contributed by atoms with E-state index in [0.717, 1.165) is 0 Å². The lowest BCUT2D eigenvalue weighted by atomic mass is 9.87. The lowest BCUT2D eigenvalue weighted by molar-refractivity contribution is -0.304. The van der Waals surface area contributed by atoms with Crippen molar-refractivity contribution in [3.05, 3.63) is 170 Å². The van der Waals surface area contributed by atoms with E-state index in [1.165, 1.54) is 20.8 Å². The Balaban J connectivity index is 0.000000501. The molecule has 0 aromatic rings. The van der Waals surface area contributed by atoms with Gasteiger partial charge in [-0.05, 0) is 72.3 Å². The number of aliphatic hydroxyl groups excluding tert-OH is 18. The molecule has 800 valence electrons. The van der Waals surface area contributed by atoms with E-state index in [0.29, 0.717) is 6.04 Å². The number of allylic oxidation sites excluding steroid dienone is 24. The maximum absolute atomic E-state index is 12.9. The van der Waals surface area contributed by atoms with Gasteiger partial charge in [-0.15, -0.1) is 0 Å². The summed E-state index contributed by atoms with van der Waals surface area (Å²) in [5, 5.41) is 227. The maximum atomic E-state index is 12.9. The SMILES string of the molecule is CC(=O)NC1C(O)CC2(O)CC(O)CC(O)C(O)CCC(O)CC(O)CC(=O)OC(C)C(C)C(O)C(C)/C=C/C=C/C=C/C=C/C=C/C=C/C=C/C(OC3OC(C)C(O)C(N)C3O)CC1O2.CC(=O)NC1C(O)CC2(O)CC(O)CC(O)C(O)CCC(O)CC(O)CC(=O)OC(C)C(C)C(O)C(C)/C=C/C=C/C=C/C=C/C=C/C=C/C=C/C(OC3OC(C)C(O)C(NC(=O)OCC[Si](C)(C)C)C3O)CC1O2. The Bertz CT molecular complexity index is 4160. The number of hydrogen-bond donors (Lipinski definition) is 24. The summed E-state index contributed by atoms with van der Waals surface area (Å²) in [5.41, 5.74) is 6.06. The van der Waals surface area contributed by atoms with Gasteiger partial charge in [-0.2, -0.15) is 0 Å². The summed E-state index contributed by atoms with van der Waals surface area (Å²) in [6.07, 6.45) is 8.65. The van der Waals surface area contributed by atoms with Crippen molar-refractivity contribution in [1.82, 2.24) is 16.0 Å². The molecule has 38 unspecified atom stereocenters. The van der Waals surface area contributed by atoms with Crippen LogP contribution in [0.2, 0.25) is 25.7 Å². The summed E-state index contributed by atoms with van der Waals surface area (Å²) < 4.78 is 52.8. The molecule has 38 nitrogen and oxygen atoms in total. The Morgan fingerprint density at radius 3 is 1.06 bits per heavy atom. The number of rotatable bonds is 10. The molecule has 6 heterocycles. The molecule has 141 heavy (non-hydrogen) atoms. The molecule has 0 aromatic heterocycles. The molecule has 6 aliphatic heterocycles. The van der Waals surface area contributed by atoms with Crippen LogP contribution in [-0.2, 0) is 61.8 Å². The monoisotopic (exact) mass is 2020 g/mol. The first-order valence-corrected chi connectivity index (χ1v) is 52.7. The van der Waals surface area contributed by atoms with Gasteiger partial charge < -0.3 is 166 Å². The van der Waals surface area contributed by atoms with E-state index < -0.39 is 308 Å². The number of alkyl carbamates (subject to hydrolysis) is 1. The molecule has 0 aromatic carbocycles. The van der Waals surface area contributed by atoms with Crippen LogP contribution in [-0.4, -0.2) is 354 Å². The second kappa shape index (κ2) is 62.6. The summed E-state index contributed by atoms with van der Waals surface area (Å²) in [6, 6.07) is -3.93. The predicted octanol–water partition coefficient (Wildman–Crippen LogP) is 3.14. The van der Waals surface area contributed by atoms with Gasteiger partial charge in [0.05, 0.1) is 172 Å². The molecule has 0 aliphatic carbocycles. The van der Waals surface area contributed by atoms with E-state index in [-0.39, 0.29) is 69.8 Å². The summed E-state index contributed by atoms with van der Waals surface area (Å²) in [6.45, 7) is 22.5. The van der Waals surface area contributed by atoms with Crippen molar-refractivity contribution in [2.24, 2.45) is 29.4 Å². The van der Waals surface area contributed by atoms with Crippen molar-refractivity contribution in [1.29, 1.82) is 0 Å². The number of carbonyl (C=O) groups excluding carboxylic acids is 5. The zero-order chi connectivity index (χ0) is 105. The van der Waals surface area contributed by atoms with Gasteiger partial charge in [0.1, 0.15) is 30.5 Å². The number of nitrogens with two attached hydrogens (primary N) is 1. The molecule has 4 saturated heterocycles. The van der Waals surface area contributed by atoms with Gasteiger partial charge in [0.25, 0.3) is 0 Å². The Morgan fingerprint density at radius 2 is 0.709 bits per heavy atom. The fourth-order valence-corrected chi connectivity index (χ4v) is 17.6. The second-order valence-electron chi connectivity index (χ2n) is 39.4. The van der Waals surface area contributed by atoms with Crippen LogP contribution >= 0.6 is 0 Å². The minimum atomic E-state index is -2.26. The van der Waals surface area contributed by atoms with Gasteiger partial charge >= 0.3 is 18.0 Å². The van der Waals surface area contributed by atoms with Crippen LogP contribution in [0.4, 0.5) is 4.79 Å². The van der Waals surface area contributed by atoms with E-state index in [4.69, 9.17) is 48.4 Å². The molecule has 6 aliphatic rings. The third-order valence-electron chi connectivity index (χ3n) is 25.5. The zero-order valence-corrected chi connectivity index (χ0v) is 84.4. The highest BCUT2D eigenvalue weighted by Crippen LogP contribution is 2.39. The number of cyclic esters (lactones) is 2. The van der Waals surface area contributed by atoms with Gasteiger partial charge in [-0.25, -0.2) is 4.79 Å². The highest BCUT2D eigenvalue weighted by atomic mass is 28.3. The van der Waals surface area contributed by atoms with E-state index in [1.807, 2.05) is 86.8 Å². The van der Waals surface area contributed by atoms with Gasteiger partial charge in [-0.3, -0.25) is 19.2 Å². The molecule has 4 bridgehead atoms. The largest absolute Gasteiger partial charge is 0.462 e. The number of fused-ring (bicyclic) bond motifs is 4. The van der Waals surface area contributed by atoms with Crippen molar-refractivity contribution in [2.75, 3.05) is 6.61 Å². The summed E-state index contributed by atoms with van der Waals surface area (Å²) >= 11 is 0. The first kappa shape index (κ1) is 124. The van der Waals surface area contributed by atoms with Gasteiger partial charge in [-0.1, -0.05) is 217 Å². The van der Waals surface area contributed by atoms with Crippen molar-refractivity contribution in [3.63, 3.8) is 0 Å². The predicted molar refractivity (Wildman–Crippen MR) is 525 cm³/mol. The number of aliphatic hydroxyl groups is 20. The quantitative estimate of drug-likeness (QED) is 0.0848. The first-order chi connectivity index (χ1) is 66.3. The number of ether oxygens (including phenoxy) is 9. The third-order valence-corrected chi connectivity index (χ3v) is 27.2. The Kier molecular flexibility index (Phi) is 55.1. The molecule has 4 fully saturated rings. The number of amides is 3. The Morgan fingerprint density at radius 1 is 0.376 bits per heavy atom. The maximum Gasteiger partial charge on any atom is 0.407 e. The first-order valence-electron chi connectivity index (χ1n) is 48.9. The summed E-state index contributed by atoms with van der Waals surface area (Å²) in [5.74, 6) is -8.44. The van der Waals surface area contributed by atoms with Crippen LogP contribution < -0.4 is 21.7 Å². The van der Waals surface area contributed by atoms with Gasteiger partial charge in [0.15, 0.2) is 24.2 Å². The molecule has 25 N–H and O–H groups in total. The van der Waals surface area contributed by atoms with Crippen molar-refractivity contribution in [2.45, 2.75) is 405 Å². The molecule has 3 amide bonds. The van der Waals surface area contributed by atoms with Crippen molar-refractivity contribution >= 4 is 37.9 Å². The fourth-order valence-electron chi connectivity index (χ4n) is 16.9. The average Bonchev–Trinajstić information content (AvgIpc) is 0.785. The molecule has 0 radical (unpaired) electrons. The average molecular weight is 2020 g/mol. The Labute approximate surface area is 829 Å². The number of carbonyl (C=O) groups is 5. The van der Waals surface area contributed by atoms with Gasteiger partial charge in [0.2, 0.25) is 11.8 Å². The normalized spacial score (nSPS) is 42.9. The van der Waals surface area contributed by atoms with E-state index in [1.54, 1.807) is 132 Å². The minimum Gasteiger partial charge on any atom is -0.462 e. The Hall–Kier alpha value is -7.35. The number of hydrogen-bond acceptors (Lipinski definition) is 35. The van der Waals surface area contributed by atoms with Crippen LogP contribution in [0, 0.1) is 23.7 Å². The molecule has 0 saturated carbocycles. The fraction of sp³-hybridized carbons (Fsp3) is 0.676. The smallest absolute Gasteiger partial charge is 0.407 e. The van der Waals surface area contributed by atoms with E-state index >= 15 is 0 Å². The molecule has 39 heteroatoms. The molecular formula is C102H164N4O34Si. The third kappa shape index (κ3) is 46.1. The lowest BCUT2D eigenvalue weighted by Gasteiger charge is -2.46. The minimum absolute atomic E-state index is 0.0853. The van der Waals surface area contributed by atoms with Gasteiger partial charge in [0, 0.05) is 97.0 Å². The molecule has 0 spiro atoms. The molecule has 6 rings (SSSR count). The standard InChI is InChI=1S/C54H88N2O18Si.C48H76N2O16/c1-33-21-19-17-15-13-11-9-10-12-14-16-18-20-22-41(73-52-51(67)48(50(66)36(4)72-52)56-53(68)70-25-26-75(6,7)8)30-45-47(55-37(5)57)44(63)32-54(69,74-45)31-40(60)28-43(62)42(61)24-23-38(58)27-39(59)29-46(64)71-35(3)34(2)49(33)65;1-28-18-16-14-12-10-8-6-7-9-11-13-15-17-19-36(65-47-46(61)42(49)45(60)31(4)64-47)25-40-43(50-32(5)51)39(57)27-48(62,66-40)26-35(54)23-38(56)37(55)21-20-33(52)22-34(53)24-41(58)63-30(3)29(2)44(28)59/h9-22,33-36,38-45,47-52,58-63,65-67,69H,23-32H2,1-8H3,(H,55,57)(H,56,68);6-19,28-31,33-40,42-47,52-57,59-62H,20-27,49H2,1-5H3,(H,50,51)/b10-9+,13-11+,14-12+,17-15+,18-16+,21-19+,22-20+;7-6+,10-8+,11-9+,14-12+,15-13+,18-16+,19-17+. The topological polar surface area (TPSA) is 635 Å². The lowest BCUT2D eigenvalue weighted by Crippen LogP contribution is -2.64. The van der Waals surface area contributed by atoms with Crippen molar-refractivity contribution in [3.8, 4) is 0 Å². The van der Waals surface area contributed by atoms with Crippen LogP contribution in [0.15, 0.2) is 170 Å². The van der Waals surface area contributed by atoms with Crippen LogP contribution in [0.25, 0.3) is 0 Å². The number of nitrogens with one attached hydrogen (secondary N) is 3. The summed E-state index contributed by atoms with van der Waals surface area (Å²) in [7, 11) is -1.55. The summed E-state index contributed by atoms with van der Waals surface area (Å²) in [4.78, 5) is 63.0. The number of esters is 2. The molecular weight excluding hydrogens is 1850 g/mol.